The highest BCUT2D eigenvalue weighted by molar-refractivity contribution is 6.03. The van der Waals surface area contributed by atoms with Gasteiger partial charge in [-0.1, -0.05) is 0 Å². The van der Waals surface area contributed by atoms with Crippen LogP contribution in [0.15, 0.2) is 47.5 Å². The molecular formula is C25H27N5O4. The summed E-state index contributed by atoms with van der Waals surface area (Å²) in [5.41, 5.74) is 3.25. The Kier molecular flexibility index (Phi) is 5.66. The molecule has 0 radical (unpaired) electrons. The fourth-order valence-corrected chi connectivity index (χ4v) is 4.22. The van der Waals surface area contributed by atoms with Crippen molar-refractivity contribution in [2.75, 3.05) is 18.5 Å². The van der Waals surface area contributed by atoms with E-state index in [1.54, 1.807) is 32.3 Å². The number of nitrogens with zero attached hydrogens (tertiary/aromatic N) is 4. The smallest absolute Gasteiger partial charge is 0.277 e. The molecule has 0 unspecified atom stereocenters. The molecule has 176 valence electrons. The molecule has 9 heteroatoms. The van der Waals surface area contributed by atoms with E-state index >= 15 is 0 Å². The zero-order valence-electron chi connectivity index (χ0n) is 19.4. The van der Waals surface area contributed by atoms with Crippen molar-refractivity contribution in [3.63, 3.8) is 0 Å². The van der Waals surface area contributed by atoms with Crippen molar-refractivity contribution in [2.24, 2.45) is 0 Å². The van der Waals surface area contributed by atoms with E-state index in [0.717, 1.165) is 43.0 Å². The summed E-state index contributed by atoms with van der Waals surface area (Å²) in [6, 6.07) is 5.42. The highest BCUT2D eigenvalue weighted by atomic mass is 16.5. The zero-order valence-corrected chi connectivity index (χ0v) is 19.4. The fraction of sp³-hybridized carbons (Fsp3) is 0.360. The van der Waals surface area contributed by atoms with E-state index in [9.17, 15) is 9.90 Å². The van der Waals surface area contributed by atoms with Gasteiger partial charge < -0.3 is 24.0 Å². The zero-order chi connectivity index (χ0) is 23.9. The number of anilines is 1. The van der Waals surface area contributed by atoms with Gasteiger partial charge >= 0.3 is 0 Å². The molecule has 1 aliphatic rings. The first-order valence-electron chi connectivity index (χ1n) is 11.3. The number of aromatic nitrogens is 4. The molecule has 0 aromatic carbocycles. The molecule has 0 bridgehead atoms. The summed E-state index contributed by atoms with van der Waals surface area (Å²) >= 11 is 0. The lowest BCUT2D eigenvalue weighted by molar-refractivity contribution is 0.0792. The Morgan fingerprint density at radius 2 is 2.00 bits per heavy atom. The Labute approximate surface area is 196 Å². The highest BCUT2D eigenvalue weighted by Gasteiger charge is 2.25. The number of aliphatic hydroxyl groups is 1. The quantitative estimate of drug-likeness (QED) is 0.460. The second kappa shape index (κ2) is 8.66. The second-order valence-electron chi connectivity index (χ2n) is 9.16. The fourth-order valence-electron chi connectivity index (χ4n) is 4.22. The van der Waals surface area contributed by atoms with Crippen LogP contribution in [0.25, 0.3) is 17.1 Å². The van der Waals surface area contributed by atoms with E-state index in [4.69, 9.17) is 14.1 Å². The van der Waals surface area contributed by atoms with E-state index in [-0.39, 0.29) is 5.69 Å². The third-order valence-corrected chi connectivity index (χ3v) is 6.04. The average molecular weight is 462 g/mol. The molecule has 1 fully saturated rings. The maximum Gasteiger partial charge on any atom is 0.277 e. The molecular weight excluding hydrogens is 434 g/mol. The van der Waals surface area contributed by atoms with Crippen molar-refractivity contribution < 1.29 is 19.1 Å². The van der Waals surface area contributed by atoms with Crippen LogP contribution < -0.4 is 5.32 Å². The maximum atomic E-state index is 13.0. The van der Waals surface area contributed by atoms with E-state index in [2.05, 4.69) is 15.3 Å². The monoisotopic (exact) mass is 461 g/mol. The van der Waals surface area contributed by atoms with Crippen molar-refractivity contribution >= 4 is 17.2 Å². The number of pyridine rings is 2. The first kappa shape index (κ1) is 22.2. The highest BCUT2D eigenvalue weighted by Crippen LogP contribution is 2.32. The minimum atomic E-state index is -1.20. The number of hydrogen-bond acceptors (Lipinski definition) is 7. The lowest BCUT2D eigenvalue weighted by Gasteiger charge is -2.22. The van der Waals surface area contributed by atoms with Crippen LogP contribution >= 0.6 is 0 Å². The van der Waals surface area contributed by atoms with Gasteiger partial charge in [-0.15, -0.1) is 0 Å². The molecule has 0 aliphatic carbocycles. The number of hydrogen-bond donors (Lipinski definition) is 2. The SMILES string of the molecule is Cc1cc(-c2nc(C(=O)Nc3cn4cc(C5CCOCC5)nc4cc3C(C)(C)O)co2)ccn1. The van der Waals surface area contributed by atoms with Crippen LogP contribution in [-0.2, 0) is 10.3 Å². The minimum absolute atomic E-state index is 0.139. The number of oxazole rings is 1. The molecule has 34 heavy (non-hydrogen) atoms. The molecule has 2 N–H and O–H groups in total. The molecule has 0 saturated carbocycles. The predicted octanol–water partition coefficient (Wildman–Crippen LogP) is 4.07. The Morgan fingerprint density at radius 3 is 2.74 bits per heavy atom. The molecule has 1 amide bonds. The minimum Gasteiger partial charge on any atom is -0.444 e. The summed E-state index contributed by atoms with van der Waals surface area (Å²) in [5, 5.41) is 13.7. The number of rotatable bonds is 5. The van der Waals surface area contributed by atoms with Crippen molar-refractivity contribution in [3.8, 4) is 11.5 Å². The molecule has 1 aliphatic heterocycles. The molecule has 0 atom stereocenters. The van der Waals surface area contributed by atoms with Gasteiger partial charge in [-0.05, 0) is 51.8 Å². The van der Waals surface area contributed by atoms with Crippen LogP contribution in [0.3, 0.4) is 0 Å². The second-order valence-corrected chi connectivity index (χ2v) is 9.16. The molecule has 1 saturated heterocycles. The van der Waals surface area contributed by atoms with Gasteiger partial charge in [0, 0.05) is 54.5 Å². The number of carbonyl (C=O) groups is 1. The number of imidazole rings is 1. The number of ether oxygens (including phenoxy) is 1. The van der Waals surface area contributed by atoms with Crippen LogP contribution in [0, 0.1) is 6.92 Å². The first-order valence-corrected chi connectivity index (χ1v) is 11.3. The lowest BCUT2D eigenvalue weighted by atomic mass is 9.97. The Balaban J connectivity index is 1.45. The number of carbonyl (C=O) groups excluding carboxylic acids is 1. The van der Waals surface area contributed by atoms with Gasteiger partial charge in [-0.25, -0.2) is 9.97 Å². The van der Waals surface area contributed by atoms with Gasteiger partial charge in [0.2, 0.25) is 5.89 Å². The Hall–Kier alpha value is -3.56. The maximum absolute atomic E-state index is 13.0. The molecule has 0 spiro atoms. The Morgan fingerprint density at radius 1 is 1.21 bits per heavy atom. The van der Waals surface area contributed by atoms with Gasteiger partial charge in [0.15, 0.2) is 5.69 Å². The predicted molar refractivity (Wildman–Crippen MR) is 126 cm³/mol. The Bertz CT molecular complexity index is 1350. The summed E-state index contributed by atoms with van der Waals surface area (Å²) < 4.78 is 12.9. The average Bonchev–Trinajstić information content (AvgIpc) is 3.46. The largest absolute Gasteiger partial charge is 0.444 e. The van der Waals surface area contributed by atoms with Gasteiger partial charge in [0.05, 0.1) is 17.0 Å². The summed E-state index contributed by atoms with van der Waals surface area (Å²) in [6.07, 6.45) is 8.61. The van der Waals surface area contributed by atoms with Gasteiger partial charge in [0.25, 0.3) is 5.91 Å². The van der Waals surface area contributed by atoms with Gasteiger partial charge in [-0.3, -0.25) is 9.78 Å². The first-order chi connectivity index (χ1) is 16.3. The van der Waals surface area contributed by atoms with Gasteiger partial charge in [0.1, 0.15) is 11.9 Å². The number of nitrogens with one attached hydrogen (secondary N) is 1. The van der Waals surface area contributed by atoms with Crippen LogP contribution in [-0.4, -0.2) is 43.6 Å². The van der Waals surface area contributed by atoms with Crippen molar-refractivity contribution in [2.45, 2.75) is 45.1 Å². The normalized spacial score (nSPS) is 15.1. The standard InChI is InChI=1S/C25H27N5O4/c1-15-10-17(4-7-26-15)24-29-21(14-34-24)23(31)28-20-13-30-12-19(16-5-8-33-9-6-16)27-22(30)11-18(20)25(2,3)32/h4,7,10-14,16,32H,5-6,8-9H2,1-3H3,(H,28,31). The molecule has 4 aromatic rings. The van der Waals surface area contributed by atoms with E-state index in [0.29, 0.717) is 28.7 Å². The van der Waals surface area contributed by atoms with Crippen molar-refractivity contribution in [1.29, 1.82) is 0 Å². The molecule has 9 nitrogen and oxygen atoms in total. The van der Waals surface area contributed by atoms with Crippen molar-refractivity contribution in [1.82, 2.24) is 19.4 Å². The molecule has 4 aromatic heterocycles. The summed E-state index contributed by atoms with van der Waals surface area (Å²) in [5.74, 6) is 0.238. The van der Waals surface area contributed by atoms with Crippen LogP contribution in [0.4, 0.5) is 5.69 Å². The third-order valence-electron chi connectivity index (χ3n) is 6.04. The van der Waals surface area contributed by atoms with Crippen molar-refractivity contribution in [3.05, 3.63) is 65.7 Å². The van der Waals surface area contributed by atoms with E-state index < -0.39 is 11.5 Å². The van der Waals surface area contributed by atoms with Gasteiger partial charge in [-0.2, -0.15) is 0 Å². The van der Waals surface area contributed by atoms with Crippen LogP contribution in [0.1, 0.15) is 60.0 Å². The van der Waals surface area contributed by atoms with Crippen LogP contribution in [0.5, 0.6) is 0 Å². The molecule has 5 rings (SSSR count). The number of amides is 1. The topological polar surface area (TPSA) is 115 Å². The van der Waals surface area contributed by atoms with E-state index in [1.807, 2.05) is 29.7 Å². The third kappa shape index (κ3) is 4.44. The summed E-state index contributed by atoms with van der Waals surface area (Å²) in [7, 11) is 0. The number of fused-ring (bicyclic) bond motifs is 1. The summed E-state index contributed by atoms with van der Waals surface area (Å²) in [6.45, 7) is 6.69. The summed E-state index contributed by atoms with van der Waals surface area (Å²) in [4.78, 5) is 26.3. The lowest BCUT2D eigenvalue weighted by Crippen LogP contribution is -2.21. The van der Waals surface area contributed by atoms with E-state index in [1.165, 1.54) is 6.26 Å². The van der Waals surface area contributed by atoms with Crippen LogP contribution in [0.2, 0.25) is 0 Å². The molecule has 5 heterocycles. The number of aryl methyl sites for hydroxylation is 1.